The number of thioether (sulfide) groups is 1. The van der Waals surface area contributed by atoms with Gasteiger partial charge < -0.3 is 19.2 Å². The zero-order valence-corrected chi connectivity index (χ0v) is 17.3. The van der Waals surface area contributed by atoms with E-state index < -0.39 is 24.3 Å². The molecule has 1 saturated heterocycles. The number of aromatic carboxylic acids is 1. The maximum absolute atomic E-state index is 11.5. The number of hydrogen-bond acceptors (Lipinski definition) is 6. The molecule has 8 heteroatoms. The summed E-state index contributed by atoms with van der Waals surface area (Å²) in [5.41, 5.74) is 0.422. The molecule has 146 valence electrons. The number of rotatable bonds is 6. The molecule has 0 atom stereocenters. The Balaban J connectivity index is 2.47. The summed E-state index contributed by atoms with van der Waals surface area (Å²) in [6.07, 6.45) is 1.78. The average Bonchev–Trinajstić information content (AvgIpc) is 2.78. The zero-order chi connectivity index (χ0) is 20.4. The van der Waals surface area contributed by atoms with Gasteiger partial charge in [-0.25, -0.2) is 4.79 Å². The van der Waals surface area contributed by atoms with Gasteiger partial charge in [0.25, 0.3) is 0 Å². The third-order valence-electron chi connectivity index (χ3n) is 4.82. The van der Waals surface area contributed by atoms with Crippen molar-refractivity contribution in [1.82, 2.24) is 0 Å². The van der Waals surface area contributed by atoms with E-state index in [1.54, 1.807) is 12.1 Å². The summed E-state index contributed by atoms with van der Waals surface area (Å²) in [7, 11) is 0.881. The lowest BCUT2D eigenvalue weighted by atomic mass is 9.78. The molecule has 6 nitrogen and oxygen atoms in total. The molecule has 1 aromatic rings. The average molecular weight is 392 g/mol. The van der Waals surface area contributed by atoms with E-state index in [0.29, 0.717) is 17.1 Å². The number of carboxylic acids is 1. The number of carbonyl (C=O) groups excluding carboxylic acids is 1. The van der Waals surface area contributed by atoms with Gasteiger partial charge in [0.2, 0.25) is 0 Å². The summed E-state index contributed by atoms with van der Waals surface area (Å²) < 4.78 is 17.6. The number of carbonyl (C=O) groups is 2. The van der Waals surface area contributed by atoms with Crippen molar-refractivity contribution in [2.75, 3.05) is 12.9 Å². The van der Waals surface area contributed by atoms with Crippen LogP contribution in [0.15, 0.2) is 23.7 Å². The predicted octanol–water partition coefficient (Wildman–Crippen LogP) is 3.69. The minimum Gasteiger partial charge on any atom is -0.496 e. The molecule has 0 saturated carbocycles. The fraction of sp³-hybridized carbons (Fsp3) is 0.474. The largest absolute Gasteiger partial charge is 0.496 e. The number of benzene rings is 1. The molecule has 1 aliphatic heterocycles. The van der Waals surface area contributed by atoms with Crippen LogP contribution in [0.25, 0.3) is 6.08 Å². The Hall–Kier alpha value is -1.77. The van der Waals surface area contributed by atoms with Crippen molar-refractivity contribution >= 4 is 36.0 Å². The number of methoxy groups -OCH3 is 1. The monoisotopic (exact) mass is 392 g/mol. The highest BCUT2D eigenvalue weighted by atomic mass is 32.2. The summed E-state index contributed by atoms with van der Waals surface area (Å²) in [6, 6.07) is 4.62. The molecule has 27 heavy (non-hydrogen) atoms. The van der Waals surface area contributed by atoms with E-state index in [9.17, 15) is 14.7 Å². The summed E-state index contributed by atoms with van der Waals surface area (Å²) in [5, 5.41) is 9.25. The summed E-state index contributed by atoms with van der Waals surface area (Å²) in [5.74, 6) is -0.128. The van der Waals surface area contributed by atoms with Crippen LogP contribution in [0.1, 0.15) is 50.5 Å². The number of carboxylic acid groups (broad SMARTS) is 1. The minimum absolute atomic E-state index is 0.0244. The number of hydrogen-bond donors (Lipinski definition) is 1. The topological polar surface area (TPSA) is 82.1 Å². The van der Waals surface area contributed by atoms with Crippen molar-refractivity contribution < 1.29 is 28.7 Å². The van der Waals surface area contributed by atoms with Crippen molar-refractivity contribution in [2.45, 2.75) is 45.8 Å². The van der Waals surface area contributed by atoms with Crippen LogP contribution < -0.4 is 4.74 Å². The normalized spacial score (nSPS) is 18.4. The molecule has 0 bridgehead atoms. The van der Waals surface area contributed by atoms with Crippen LogP contribution in [0.3, 0.4) is 0 Å². The fourth-order valence-corrected chi connectivity index (χ4v) is 3.13. The molecule has 1 aliphatic rings. The standard InChI is InChI=1S/C19H25BO6S/c1-12(21)27-11-15(20-25-18(2,3)19(4,5)26-20)10-14-9-13(17(22)23)7-8-16(14)24-6/h7-10H,11H2,1-6H3,(H,22,23). The second-order valence-corrected chi connectivity index (χ2v) is 8.50. The first-order chi connectivity index (χ1) is 12.5. The first kappa shape index (κ1) is 21.5. The Morgan fingerprint density at radius 2 is 1.81 bits per heavy atom. The van der Waals surface area contributed by atoms with Crippen molar-refractivity contribution in [2.24, 2.45) is 0 Å². The lowest BCUT2D eigenvalue weighted by Gasteiger charge is -2.32. The molecular formula is C19H25BO6S. The maximum atomic E-state index is 11.5. The van der Waals surface area contributed by atoms with Crippen molar-refractivity contribution in [1.29, 1.82) is 0 Å². The molecule has 0 unspecified atom stereocenters. The van der Waals surface area contributed by atoms with E-state index in [1.807, 2.05) is 27.7 Å². The highest BCUT2D eigenvalue weighted by molar-refractivity contribution is 8.13. The minimum atomic E-state index is -1.03. The highest BCUT2D eigenvalue weighted by Gasteiger charge is 2.52. The lowest BCUT2D eigenvalue weighted by Crippen LogP contribution is -2.41. The Morgan fingerprint density at radius 3 is 2.30 bits per heavy atom. The third-order valence-corrected chi connectivity index (χ3v) is 5.70. The number of ether oxygens (including phenoxy) is 1. The Bertz CT molecular complexity index is 755. The second kappa shape index (κ2) is 8.08. The van der Waals surface area contributed by atoms with Gasteiger partial charge in [0.05, 0.1) is 23.9 Å². The molecule has 0 spiro atoms. The van der Waals surface area contributed by atoms with Gasteiger partial charge in [-0.1, -0.05) is 17.8 Å². The Labute approximate surface area is 164 Å². The van der Waals surface area contributed by atoms with Crippen LogP contribution in [0.4, 0.5) is 0 Å². The molecule has 0 aromatic heterocycles. The molecule has 1 N–H and O–H groups in total. The molecule has 0 radical (unpaired) electrons. The first-order valence-corrected chi connectivity index (χ1v) is 9.56. The van der Waals surface area contributed by atoms with Gasteiger partial charge in [-0.15, -0.1) is 0 Å². The summed E-state index contributed by atoms with van der Waals surface area (Å²) in [4.78, 5) is 22.8. The summed E-state index contributed by atoms with van der Waals surface area (Å²) >= 11 is 1.15. The van der Waals surface area contributed by atoms with Crippen LogP contribution in [0.2, 0.25) is 0 Å². The molecule has 1 fully saturated rings. The van der Waals surface area contributed by atoms with Crippen LogP contribution >= 0.6 is 11.8 Å². The SMILES string of the molecule is COc1ccc(C(=O)O)cc1C=C(CSC(C)=O)B1OC(C)(C)C(C)(C)O1. The quantitative estimate of drug-likeness (QED) is 0.740. The van der Waals surface area contributed by atoms with Gasteiger partial charge >= 0.3 is 13.1 Å². The van der Waals surface area contributed by atoms with Gasteiger partial charge in [0, 0.05) is 18.2 Å². The van der Waals surface area contributed by atoms with E-state index >= 15 is 0 Å². The lowest BCUT2D eigenvalue weighted by molar-refractivity contribution is -0.109. The third kappa shape index (κ3) is 4.94. The van der Waals surface area contributed by atoms with Crippen molar-refractivity contribution in [3.8, 4) is 5.75 Å². The van der Waals surface area contributed by atoms with E-state index in [4.69, 9.17) is 14.0 Å². The van der Waals surface area contributed by atoms with E-state index in [1.165, 1.54) is 26.2 Å². The molecule has 0 amide bonds. The summed E-state index contributed by atoms with van der Waals surface area (Å²) in [6.45, 7) is 9.31. The molecule has 1 aromatic carbocycles. The van der Waals surface area contributed by atoms with E-state index in [0.717, 1.165) is 17.2 Å². The van der Waals surface area contributed by atoms with Gasteiger partial charge in [0.15, 0.2) is 5.12 Å². The molecule has 0 aliphatic carbocycles. The van der Waals surface area contributed by atoms with Crippen LogP contribution in [-0.4, -0.2) is 47.4 Å². The Kier molecular flexibility index (Phi) is 6.45. The van der Waals surface area contributed by atoms with Crippen molar-refractivity contribution in [3.05, 3.63) is 34.8 Å². The van der Waals surface area contributed by atoms with E-state index in [2.05, 4.69) is 0 Å². The van der Waals surface area contributed by atoms with Gasteiger partial charge in [-0.2, -0.15) is 0 Å². The van der Waals surface area contributed by atoms with Crippen LogP contribution in [0, 0.1) is 0 Å². The molecule has 1 heterocycles. The second-order valence-electron chi connectivity index (χ2n) is 7.35. The molecular weight excluding hydrogens is 367 g/mol. The van der Waals surface area contributed by atoms with E-state index in [-0.39, 0.29) is 10.7 Å². The zero-order valence-electron chi connectivity index (χ0n) is 16.5. The Morgan fingerprint density at radius 1 is 1.22 bits per heavy atom. The van der Waals surface area contributed by atoms with Crippen LogP contribution in [0.5, 0.6) is 5.75 Å². The van der Waals surface area contributed by atoms with Gasteiger partial charge in [0.1, 0.15) is 5.75 Å². The molecule has 2 rings (SSSR count). The van der Waals surface area contributed by atoms with Gasteiger partial charge in [-0.05, 0) is 51.4 Å². The predicted molar refractivity (Wildman–Crippen MR) is 107 cm³/mol. The first-order valence-electron chi connectivity index (χ1n) is 8.57. The van der Waals surface area contributed by atoms with Crippen molar-refractivity contribution in [3.63, 3.8) is 0 Å². The van der Waals surface area contributed by atoms with Gasteiger partial charge in [-0.3, -0.25) is 4.79 Å². The maximum Gasteiger partial charge on any atom is 0.491 e. The highest BCUT2D eigenvalue weighted by Crippen LogP contribution is 2.39. The fourth-order valence-electron chi connectivity index (χ4n) is 2.54. The van der Waals surface area contributed by atoms with Crippen LogP contribution in [-0.2, 0) is 14.1 Å². The smallest absolute Gasteiger partial charge is 0.491 e.